The monoisotopic (exact) mass is 315 g/mol. The van der Waals surface area contributed by atoms with Crippen molar-refractivity contribution in [3.05, 3.63) is 46.0 Å². The Morgan fingerprint density at radius 2 is 2.24 bits per heavy atom. The molecular weight excluding hydrogens is 306 g/mol. The summed E-state index contributed by atoms with van der Waals surface area (Å²) in [5.74, 6) is 1.04. The molecule has 3 aromatic rings. The zero-order valence-electron chi connectivity index (χ0n) is 10.8. The van der Waals surface area contributed by atoms with Crippen LogP contribution in [-0.4, -0.2) is 19.7 Å². The van der Waals surface area contributed by atoms with Crippen molar-refractivity contribution in [2.24, 2.45) is 0 Å². The van der Waals surface area contributed by atoms with E-state index >= 15 is 0 Å². The Balaban J connectivity index is 2.05. The SMILES string of the molecule is N#CCn1c(CSc2nncs2)nc2ccccc2c1=O. The van der Waals surface area contributed by atoms with Crippen LogP contribution in [0.25, 0.3) is 10.9 Å². The van der Waals surface area contributed by atoms with Crippen LogP contribution in [0.5, 0.6) is 0 Å². The lowest BCUT2D eigenvalue weighted by atomic mass is 10.2. The van der Waals surface area contributed by atoms with Crippen LogP contribution >= 0.6 is 23.1 Å². The fourth-order valence-corrected chi connectivity index (χ4v) is 3.34. The van der Waals surface area contributed by atoms with Crippen LogP contribution in [0.4, 0.5) is 0 Å². The molecule has 0 amide bonds. The Morgan fingerprint density at radius 1 is 1.38 bits per heavy atom. The summed E-state index contributed by atoms with van der Waals surface area (Å²) in [5, 5.41) is 17.2. The fourth-order valence-electron chi connectivity index (χ4n) is 1.91. The third-order valence-corrected chi connectivity index (χ3v) is 4.69. The molecule has 2 aromatic heterocycles. The van der Waals surface area contributed by atoms with E-state index in [0.29, 0.717) is 22.5 Å². The Bertz CT molecular complexity index is 866. The van der Waals surface area contributed by atoms with Crippen molar-refractivity contribution >= 4 is 34.0 Å². The first kappa shape index (κ1) is 13.7. The molecular formula is C13H9N5OS2. The maximum atomic E-state index is 12.4. The van der Waals surface area contributed by atoms with Crippen molar-refractivity contribution in [2.45, 2.75) is 16.6 Å². The first-order chi connectivity index (χ1) is 10.3. The molecule has 0 fully saturated rings. The number of benzene rings is 1. The van der Waals surface area contributed by atoms with Gasteiger partial charge in [0.15, 0.2) is 4.34 Å². The van der Waals surface area contributed by atoms with Crippen molar-refractivity contribution in [3.63, 3.8) is 0 Å². The number of aromatic nitrogens is 4. The maximum absolute atomic E-state index is 12.4. The molecule has 0 spiro atoms. The average molecular weight is 315 g/mol. The summed E-state index contributed by atoms with van der Waals surface area (Å²) in [7, 11) is 0. The summed E-state index contributed by atoms with van der Waals surface area (Å²) in [4.78, 5) is 16.9. The van der Waals surface area contributed by atoms with Gasteiger partial charge in [0.1, 0.15) is 17.9 Å². The number of rotatable bonds is 4. The van der Waals surface area contributed by atoms with Crippen molar-refractivity contribution in [3.8, 4) is 6.07 Å². The summed E-state index contributed by atoms with van der Waals surface area (Å²) >= 11 is 2.88. The molecule has 0 saturated heterocycles. The lowest BCUT2D eigenvalue weighted by Crippen LogP contribution is -2.24. The average Bonchev–Trinajstić information content (AvgIpc) is 3.02. The van der Waals surface area contributed by atoms with Gasteiger partial charge < -0.3 is 0 Å². The van der Waals surface area contributed by atoms with Gasteiger partial charge in [-0.3, -0.25) is 9.36 Å². The second-order valence-electron chi connectivity index (χ2n) is 4.09. The van der Waals surface area contributed by atoms with Gasteiger partial charge in [0.05, 0.1) is 22.7 Å². The predicted molar refractivity (Wildman–Crippen MR) is 81.1 cm³/mol. The van der Waals surface area contributed by atoms with Gasteiger partial charge in [-0.05, 0) is 12.1 Å². The minimum absolute atomic E-state index is 0.0112. The summed E-state index contributed by atoms with van der Waals surface area (Å²) in [5.41, 5.74) is 2.11. The van der Waals surface area contributed by atoms with Crippen molar-refractivity contribution in [1.82, 2.24) is 19.7 Å². The molecule has 0 N–H and O–H groups in total. The van der Waals surface area contributed by atoms with Gasteiger partial charge >= 0.3 is 0 Å². The third-order valence-electron chi connectivity index (χ3n) is 2.83. The van der Waals surface area contributed by atoms with Crippen LogP contribution in [-0.2, 0) is 12.3 Å². The minimum atomic E-state index is -0.185. The third kappa shape index (κ3) is 2.79. The normalized spacial score (nSPS) is 10.6. The van der Waals surface area contributed by atoms with Crippen LogP contribution in [0.1, 0.15) is 5.82 Å². The van der Waals surface area contributed by atoms with E-state index in [0.717, 1.165) is 4.34 Å². The topological polar surface area (TPSA) is 84.5 Å². The Kier molecular flexibility index (Phi) is 3.94. The Labute approximate surface area is 128 Å². The van der Waals surface area contributed by atoms with Crippen LogP contribution < -0.4 is 5.56 Å². The highest BCUT2D eigenvalue weighted by molar-refractivity contribution is 8.00. The number of hydrogen-bond donors (Lipinski definition) is 0. The number of nitrogens with zero attached hydrogens (tertiary/aromatic N) is 5. The van der Waals surface area contributed by atoms with Crippen molar-refractivity contribution in [1.29, 1.82) is 5.26 Å². The molecule has 0 aliphatic heterocycles. The van der Waals surface area contributed by atoms with Crippen molar-refractivity contribution in [2.75, 3.05) is 0 Å². The van der Waals surface area contributed by atoms with E-state index in [2.05, 4.69) is 15.2 Å². The number of nitriles is 1. The van der Waals surface area contributed by atoms with E-state index in [1.807, 2.05) is 12.1 Å². The molecule has 0 aliphatic rings. The minimum Gasteiger partial charge on any atom is -0.281 e. The summed E-state index contributed by atoms with van der Waals surface area (Å²) in [6.07, 6.45) is 0. The predicted octanol–water partition coefficient (Wildman–Crippen LogP) is 2.06. The van der Waals surface area contributed by atoms with Gasteiger partial charge in [0, 0.05) is 0 Å². The van der Waals surface area contributed by atoms with Crippen LogP contribution in [0.3, 0.4) is 0 Å². The second-order valence-corrected chi connectivity index (χ2v) is 6.14. The highest BCUT2D eigenvalue weighted by atomic mass is 32.2. The molecule has 21 heavy (non-hydrogen) atoms. The van der Waals surface area contributed by atoms with Crippen LogP contribution in [0, 0.1) is 11.3 Å². The first-order valence-corrected chi connectivity index (χ1v) is 7.90. The molecule has 0 saturated carbocycles. The molecule has 2 heterocycles. The zero-order chi connectivity index (χ0) is 14.7. The second kappa shape index (κ2) is 6.03. The van der Waals surface area contributed by atoms with E-state index in [1.165, 1.54) is 27.7 Å². The first-order valence-electron chi connectivity index (χ1n) is 6.04. The fraction of sp³-hybridized carbons (Fsp3) is 0.154. The molecule has 0 unspecified atom stereocenters. The standard InChI is InChI=1S/C13H9N5OS2/c14-5-6-18-11(7-20-13-17-15-8-21-13)16-10-4-2-1-3-9(10)12(18)19/h1-4,8H,6-7H2. The van der Waals surface area contributed by atoms with E-state index in [4.69, 9.17) is 5.26 Å². The smallest absolute Gasteiger partial charge is 0.262 e. The van der Waals surface area contributed by atoms with Crippen LogP contribution in [0.2, 0.25) is 0 Å². The Morgan fingerprint density at radius 3 is 3.00 bits per heavy atom. The lowest BCUT2D eigenvalue weighted by Gasteiger charge is -2.09. The molecule has 3 rings (SSSR count). The molecule has 0 bridgehead atoms. The quantitative estimate of drug-likeness (QED) is 0.685. The van der Waals surface area contributed by atoms with Crippen LogP contribution in [0.15, 0.2) is 38.9 Å². The molecule has 104 valence electrons. The van der Waals surface area contributed by atoms with Gasteiger partial charge in [-0.25, -0.2) is 4.98 Å². The van der Waals surface area contributed by atoms with Gasteiger partial charge in [-0.1, -0.05) is 35.2 Å². The molecule has 0 atom stereocenters. The highest BCUT2D eigenvalue weighted by Crippen LogP contribution is 2.23. The summed E-state index contributed by atoms with van der Waals surface area (Å²) in [6, 6.07) is 9.16. The molecule has 8 heteroatoms. The van der Waals surface area contributed by atoms with E-state index in [9.17, 15) is 4.79 Å². The number of para-hydroxylation sites is 1. The summed E-state index contributed by atoms with van der Waals surface area (Å²) < 4.78 is 2.22. The maximum Gasteiger partial charge on any atom is 0.262 e. The van der Waals surface area contributed by atoms with Gasteiger partial charge in [-0.15, -0.1) is 10.2 Å². The van der Waals surface area contributed by atoms with Gasteiger partial charge in [0.2, 0.25) is 0 Å². The Hall–Kier alpha value is -2.24. The number of thioether (sulfide) groups is 1. The molecule has 1 aromatic carbocycles. The number of fused-ring (bicyclic) bond motifs is 1. The van der Waals surface area contributed by atoms with Gasteiger partial charge in [-0.2, -0.15) is 5.26 Å². The molecule has 6 nitrogen and oxygen atoms in total. The number of hydrogen-bond acceptors (Lipinski definition) is 7. The van der Waals surface area contributed by atoms with E-state index < -0.39 is 0 Å². The zero-order valence-corrected chi connectivity index (χ0v) is 12.4. The van der Waals surface area contributed by atoms with Crippen molar-refractivity contribution < 1.29 is 0 Å². The molecule has 0 aliphatic carbocycles. The largest absolute Gasteiger partial charge is 0.281 e. The lowest BCUT2D eigenvalue weighted by molar-refractivity contribution is 0.730. The van der Waals surface area contributed by atoms with Gasteiger partial charge in [0.25, 0.3) is 5.56 Å². The highest BCUT2D eigenvalue weighted by Gasteiger charge is 2.11. The summed E-state index contributed by atoms with van der Waals surface area (Å²) in [6.45, 7) is -0.0112. The molecule has 0 radical (unpaired) electrons. The van der Waals surface area contributed by atoms with E-state index in [1.54, 1.807) is 23.7 Å². The van der Waals surface area contributed by atoms with E-state index in [-0.39, 0.29) is 12.1 Å².